The Labute approximate surface area is 146 Å². The molecule has 10 nitrogen and oxygen atoms in total. The zero-order valence-electron chi connectivity index (χ0n) is 14.2. The van der Waals surface area contributed by atoms with Crippen LogP contribution < -0.4 is 21.3 Å². The van der Waals surface area contributed by atoms with Gasteiger partial charge in [-0.3, -0.25) is 19.2 Å². The average molecular weight is 356 g/mol. The predicted molar refractivity (Wildman–Crippen MR) is 88.8 cm³/mol. The fourth-order valence-electron chi connectivity index (χ4n) is 2.69. The molecule has 0 saturated heterocycles. The Kier molecular flexibility index (Phi) is 8.93. The Morgan fingerprint density at radius 1 is 1.00 bits per heavy atom. The van der Waals surface area contributed by atoms with Gasteiger partial charge in [-0.2, -0.15) is 0 Å². The lowest BCUT2D eigenvalue weighted by Gasteiger charge is -2.23. The zero-order chi connectivity index (χ0) is 18.8. The van der Waals surface area contributed by atoms with Crippen molar-refractivity contribution >= 4 is 30.7 Å². The summed E-state index contributed by atoms with van der Waals surface area (Å²) in [6.07, 6.45) is 3.37. The number of carbonyl (C=O) groups excluding carboxylic acids is 4. The van der Waals surface area contributed by atoms with Crippen LogP contribution in [0.5, 0.6) is 0 Å². The van der Waals surface area contributed by atoms with Crippen molar-refractivity contribution in [2.45, 2.75) is 38.6 Å². The normalized spacial score (nSPS) is 15.2. The number of hydrogen-bond acceptors (Lipinski definition) is 6. The maximum absolute atomic E-state index is 12.2. The van der Waals surface area contributed by atoms with E-state index in [4.69, 9.17) is 10.0 Å². The Hall–Kier alpha value is -2.14. The molecule has 0 aliphatic heterocycles. The standard InChI is InChI=1S/C14H25BN4O6/c1-9(20)19-13(10-4-2-3-5-10)14(23)17-7-11(21)16-6-12(22)18-8-15(24)25/h10,13,24-25H,2-8H2,1H3,(H,16,21)(H,17,23)(H,18,22)(H,19,20). The number of amides is 4. The summed E-state index contributed by atoms with van der Waals surface area (Å²) in [6.45, 7) is 0.667. The van der Waals surface area contributed by atoms with Crippen LogP contribution in [0.3, 0.4) is 0 Å². The van der Waals surface area contributed by atoms with Crippen LogP contribution in [0.4, 0.5) is 0 Å². The van der Waals surface area contributed by atoms with E-state index < -0.39 is 30.9 Å². The smallest absolute Gasteiger partial charge is 0.426 e. The Bertz CT molecular complexity index is 496. The SMILES string of the molecule is CC(=O)NC(C(=O)NCC(=O)NCC(=O)NCB(O)O)C1CCCC1. The van der Waals surface area contributed by atoms with E-state index in [-0.39, 0.29) is 31.4 Å². The molecule has 1 atom stereocenters. The van der Waals surface area contributed by atoms with Gasteiger partial charge in [-0.15, -0.1) is 0 Å². The summed E-state index contributed by atoms with van der Waals surface area (Å²) in [6, 6.07) is -0.665. The summed E-state index contributed by atoms with van der Waals surface area (Å²) in [5.41, 5.74) is 0. The van der Waals surface area contributed by atoms with Crippen LogP contribution in [-0.4, -0.2) is 66.4 Å². The molecule has 1 rings (SSSR count). The fourth-order valence-corrected chi connectivity index (χ4v) is 2.69. The highest BCUT2D eigenvalue weighted by Gasteiger charge is 2.31. The lowest BCUT2D eigenvalue weighted by Crippen LogP contribution is -2.52. The van der Waals surface area contributed by atoms with E-state index in [1.54, 1.807) is 0 Å². The van der Waals surface area contributed by atoms with Crippen molar-refractivity contribution in [3.63, 3.8) is 0 Å². The molecule has 0 bridgehead atoms. The first kappa shape index (κ1) is 20.9. The summed E-state index contributed by atoms with van der Waals surface area (Å²) in [4.78, 5) is 46.5. The molecule has 1 unspecified atom stereocenters. The van der Waals surface area contributed by atoms with Crippen LogP contribution in [-0.2, 0) is 19.2 Å². The molecule has 4 amide bonds. The molecule has 25 heavy (non-hydrogen) atoms. The highest BCUT2D eigenvalue weighted by molar-refractivity contribution is 6.41. The third kappa shape index (κ3) is 8.50. The van der Waals surface area contributed by atoms with Crippen molar-refractivity contribution in [1.29, 1.82) is 0 Å². The molecule has 1 aliphatic rings. The molecule has 1 aliphatic carbocycles. The van der Waals surface area contributed by atoms with E-state index in [9.17, 15) is 19.2 Å². The molecule has 0 radical (unpaired) electrons. The molecule has 6 N–H and O–H groups in total. The summed E-state index contributed by atoms with van der Waals surface area (Å²) in [7, 11) is -1.67. The van der Waals surface area contributed by atoms with Crippen LogP contribution in [0.15, 0.2) is 0 Å². The highest BCUT2D eigenvalue weighted by Crippen LogP contribution is 2.27. The average Bonchev–Trinajstić information content (AvgIpc) is 3.07. The second-order valence-electron chi connectivity index (χ2n) is 6.00. The number of nitrogens with one attached hydrogen (secondary N) is 4. The second-order valence-corrected chi connectivity index (χ2v) is 6.00. The topological polar surface area (TPSA) is 157 Å². The van der Waals surface area contributed by atoms with E-state index in [0.29, 0.717) is 0 Å². The van der Waals surface area contributed by atoms with Gasteiger partial charge in [0.15, 0.2) is 0 Å². The molecule has 1 fully saturated rings. The van der Waals surface area contributed by atoms with Crippen LogP contribution in [0, 0.1) is 5.92 Å². The summed E-state index contributed by atoms with van der Waals surface area (Å²) in [5.74, 6) is -1.83. The maximum Gasteiger partial charge on any atom is 0.472 e. The van der Waals surface area contributed by atoms with Crippen LogP contribution >= 0.6 is 0 Å². The van der Waals surface area contributed by atoms with Gasteiger partial charge in [-0.1, -0.05) is 12.8 Å². The molecular weight excluding hydrogens is 331 g/mol. The monoisotopic (exact) mass is 356 g/mol. The summed E-state index contributed by atoms with van der Waals surface area (Å²) in [5, 5.41) is 26.8. The lowest BCUT2D eigenvalue weighted by atomic mass is 9.93. The Balaban J connectivity index is 2.35. The first-order valence-corrected chi connectivity index (χ1v) is 8.24. The molecule has 0 aromatic rings. The molecule has 11 heteroatoms. The van der Waals surface area contributed by atoms with Crippen LogP contribution in [0.25, 0.3) is 0 Å². The van der Waals surface area contributed by atoms with Gasteiger partial charge in [0.1, 0.15) is 6.04 Å². The number of hydrogen-bond donors (Lipinski definition) is 6. The minimum atomic E-state index is -1.67. The molecule has 140 valence electrons. The van der Waals surface area contributed by atoms with Crippen LogP contribution in [0.1, 0.15) is 32.6 Å². The zero-order valence-corrected chi connectivity index (χ0v) is 14.2. The van der Waals surface area contributed by atoms with Crippen molar-refractivity contribution in [2.75, 3.05) is 19.5 Å². The molecule has 1 saturated carbocycles. The number of carbonyl (C=O) groups is 4. The highest BCUT2D eigenvalue weighted by atomic mass is 16.4. The Morgan fingerprint density at radius 2 is 1.56 bits per heavy atom. The third-order valence-corrected chi connectivity index (χ3v) is 3.86. The van der Waals surface area contributed by atoms with Crippen molar-refractivity contribution in [2.24, 2.45) is 5.92 Å². The quantitative estimate of drug-likeness (QED) is 0.242. The molecule has 0 aromatic heterocycles. The summed E-state index contributed by atoms with van der Waals surface area (Å²) >= 11 is 0. The van der Waals surface area contributed by atoms with Gasteiger partial charge in [-0.05, 0) is 18.8 Å². The first-order chi connectivity index (χ1) is 11.8. The summed E-state index contributed by atoms with van der Waals surface area (Å²) < 4.78 is 0. The fraction of sp³-hybridized carbons (Fsp3) is 0.714. The first-order valence-electron chi connectivity index (χ1n) is 8.24. The maximum atomic E-state index is 12.2. The van der Waals surface area contributed by atoms with Crippen molar-refractivity contribution < 1.29 is 29.2 Å². The van der Waals surface area contributed by atoms with E-state index in [1.807, 2.05) is 0 Å². The van der Waals surface area contributed by atoms with Gasteiger partial charge in [0, 0.05) is 6.92 Å². The Morgan fingerprint density at radius 3 is 2.12 bits per heavy atom. The largest absolute Gasteiger partial charge is 0.472 e. The van der Waals surface area contributed by atoms with E-state index in [2.05, 4.69) is 21.3 Å². The minimum Gasteiger partial charge on any atom is -0.426 e. The van der Waals surface area contributed by atoms with Crippen LogP contribution in [0.2, 0.25) is 0 Å². The molecule has 0 spiro atoms. The van der Waals surface area contributed by atoms with Crippen molar-refractivity contribution in [3.05, 3.63) is 0 Å². The van der Waals surface area contributed by atoms with Crippen molar-refractivity contribution in [3.8, 4) is 0 Å². The molecule has 0 aromatic carbocycles. The van der Waals surface area contributed by atoms with Gasteiger partial charge >= 0.3 is 7.12 Å². The van der Waals surface area contributed by atoms with Gasteiger partial charge in [-0.25, -0.2) is 0 Å². The molecule has 0 heterocycles. The number of rotatable bonds is 9. The minimum absolute atomic E-state index is 0.0580. The second kappa shape index (κ2) is 10.7. The third-order valence-electron chi connectivity index (χ3n) is 3.86. The van der Waals surface area contributed by atoms with Gasteiger partial charge < -0.3 is 31.3 Å². The van der Waals surface area contributed by atoms with E-state index in [0.717, 1.165) is 25.7 Å². The lowest BCUT2D eigenvalue weighted by molar-refractivity contribution is -0.131. The van der Waals surface area contributed by atoms with E-state index >= 15 is 0 Å². The predicted octanol–water partition coefficient (Wildman–Crippen LogP) is -2.96. The van der Waals surface area contributed by atoms with E-state index in [1.165, 1.54) is 6.92 Å². The van der Waals surface area contributed by atoms with Crippen molar-refractivity contribution in [1.82, 2.24) is 21.3 Å². The van der Waals surface area contributed by atoms with Gasteiger partial charge in [0.25, 0.3) is 0 Å². The van der Waals surface area contributed by atoms with Gasteiger partial charge in [0.2, 0.25) is 23.6 Å². The van der Waals surface area contributed by atoms with Gasteiger partial charge in [0.05, 0.1) is 19.5 Å². The molecular formula is C14H25BN4O6.